The Kier molecular flexibility index (Phi) is 5.85. The summed E-state index contributed by atoms with van der Waals surface area (Å²) >= 11 is 0. The topological polar surface area (TPSA) is 29.1 Å². The maximum Gasteiger partial charge on any atom is 0.123 e. The molecule has 2 nitrogen and oxygen atoms in total. The van der Waals surface area contributed by atoms with Crippen LogP contribution in [0.2, 0.25) is 0 Å². The lowest BCUT2D eigenvalue weighted by Gasteiger charge is -2.28. The third-order valence-corrected chi connectivity index (χ3v) is 5.52. The SMILES string of the molecule is C=CC[C@H](N[S@](=O)C(C)(C)c1ccccc1)c1ccc(F)cc1. The van der Waals surface area contributed by atoms with Crippen LogP contribution >= 0.6 is 0 Å². The van der Waals surface area contributed by atoms with Gasteiger partial charge in [-0.2, -0.15) is 0 Å². The van der Waals surface area contributed by atoms with Crippen molar-refractivity contribution in [2.45, 2.75) is 31.1 Å². The molecule has 0 aliphatic heterocycles. The minimum Gasteiger partial charge on any atom is -0.242 e. The number of halogens is 1. The molecule has 0 amide bonds. The van der Waals surface area contributed by atoms with Crippen LogP contribution in [0, 0.1) is 5.82 Å². The fourth-order valence-corrected chi connectivity index (χ4v) is 3.47. The molecule has 2 aromatic rings. The average molecular weight is 331 g/mol. The maximum absolute atomic E-state index is 13.1. The first-order valence-electron chi connectivity index (χ1n) is 7.55. The molecule has 0 aliphatic rings. The van der Waals surface area contributed by atoms with Crippen molar-refractivity contribution in [2.24, 2.45) is 0 Å². The van der Waals surface area contributed by atoms with E-state index in [0.717, 1.165) is 11.1 Å². The van der Waals surface area contributed by atoms with Crippen molar-refractivity contribution in [3.05, 3.63) is 84.2 Å². The highest BCUT2D eigenvalue weighted by Crippen LogP contribution is 2.28. The summed E-state index contributed by atoms with van der Waals surface area (Å²) in [5.41, 5.74) is 1.89. The molecule has 0 aliphatic carbocycles. The molecule has 4 heteroatoms. The van der Waals surface area contributed by atoms with Gasteiger partial charge in [-0.05, 0) is 43.5 Å². The molecule has 0 aromatic heterocycles. The molecule has 2 rings (SSSR count). The van der Waals surface area contributed by atoms with E-state index in [2.05, 4.69) is 11.3 Å². The van der Waals surface area contributed by atoms with Gasteiger partial charge in [-0.1, -0.05) is 48.5 Å². The monoisotopic (exact) mass is 331 g/mol. The van der Waals surface area contributed by atoms with Crippen LogP contribution in [0.4, 0.5) is 4.39 Å². The number of rotatable bonds is 7. The summed E-state index contributed by atoms with van der Waals surface area (Å²) in [5.74, 6) is -0.281. The van der Waals surface area contributed by atoms with Crippen molar-refractivity contribution in [2.75, 3.05) is 0 Å². The first-order valence-corrected chi connectivity index (χ1v) is 8.70. The Bertz CT molecular complexity index is 668. The van der Waals surface area contributed by atoms with Crippen molar-refractivity contribution in [3.8, 4) is 0 Å². The van der Waals surface area contributed by atoms with Crippen LogP contribution < -0.4 is 4.72 Å². The van der Waals surface area contributed by atoms with Crippen LogP contribution in [0.15, 0.2) is 67.3 Å². The molecule has 0 bridgehead atoms. The lowest BCUT2D eigenvalue weighted by molar-refractivity contribution is 0.594. The van der Waals surface area contributed by atoms with Crippen LogP contribution in [-0.4, -0.2) is 4.21 Å². The second-order valence-corrected chi connectivity index (χ2v) is 7.69. The van der Waals surface area contributed by atoms with Crippen LogP contribution in [0.3, 0.4) is 0 Å². The van der Waals surface area contributed by atoms with E-state index in [1.165, 1.54) is 12.1 Å². The van der Waals surface area contributed by atoms with Gasteiger partial charge in [-0.15, -0.1) is 6.58 Å². The Morgan fingerprint density at radius 1 is 1.17 bits per heavy atom. The van der Waals surface area contributed by atoms with Crippen LogP contribution in [-0.2, 0) is 15.7 Å². The summed E-state index contributed by atoms with van der Waals surface area (Å²) in [7, 11) is -1.31. The van der Waals surface area contributed by atoms with E-state index in [4.69, 9.17) is 0 Å². The second-order valence-electron chi connectivity index (χ2n) is 5.89. The van der Waals surface area contributed by atoms with Gasteiger partial charge in [0.15, 0.2) is 0 Å². The summed E-state index contributed by atoms with van der Waals surface area (Å²) < 4.78 is 28.6. The molecular formula is C19H22FNOS. The molecule has 2 aromatic carbocycles. The third-order valence-electron chi connectivity index (χ3n) is 3.86. The Balaban J connectivity index is 2.20. The molecule has 0 saturated carbocycles. The fourth-order valence-electron chi connectivity index (χ4n) is 2.34. The minimum atomic E-state index is -1.31. The standard InChI is InChI=1S/C19H22FNOS/c1-4-8-18(15-11-13-17(20)14-12-15)21-23(22)19(2,3)16-9-6-5-7-10-16/h4-7,9-14,18,21H,1,8H2,2-3H3/t18-,23+/m0/s1. The van der Waals surface area contributed by atoms with Gasteiger partial charge in [0.2, 0.25) is 0 Å². The molecule has 0 heterocycles. The zero-order valence-electron chi connectivity index (χ0n) is 13.5. The highest BCUT2D eigenvalue weighted by molar-refractivity contribution is 7.84. The van der Waals surface area contributed by atoms with Crippen molar-refractivity contribution in [3.63, 3.8) is 0 Å². The van der Waals surface area contributed by atoms with E-state index >= 15 is 0 Å². The predicted octanol–water partition coefficient (Wildman–Crippen LogP) is 4.63. The lowest BCUT2D eigenvalue weighted by atomic mass is 10.0. The van der Waals surface area contributed by atoms with Gasteiger partial charge in [0, 0.05) is 6.04 Å². The Morgan fingerprint density at radius 3 is 2.35 bits per heavy atom. The highest BCUT2D eigenvalue weighted by atomic mass is 32.2. The molecule has 0 spiro atoms. The Labute approximate surface area is 140 Å². The number of benzene rings is 2. The molecule has 122 valence electrons. The average Bonchev–Trinajstić information content (AvgIpc) is 2.56. The minimum absolute atomic E-state index is 0.170. The highest BCUT2D eigenvalue weighted by Gasteiger charge is 2.30. The fraction of sp³-hybridized carbons (Fsp3) is 0.263. The van der Waals surface area contributed by atoms with Crippen molar-refractivity contribution in [1.82, 2.24) is 4.72 Å². The number of hydrogen-bond acceptors (Lipinski definition) is 1. The van der Waals surface area contributed by atoms with Crippen molar-refractivity contribution in [1.29, 1.82) is 0 Å². The van der Waals surface area contributed by atoms with Crippen LogP contribution in [0.1, 0.15) is 37.4 Å². The first kappa shape index (κ1) is 17.6. The van der Waals surface area contributed by atoms with Gasteiger partial charge in [0.05, 0.1) is 4.75 Å². The van der Waals surface area contributed by atoms with E-state index in [0.29, 0.717) is 6.42 Å². The van der Waals surface area contributed by atoms with Gasteiger partial charge in [-0.3, -0.25) is 0 Å². The van der Waals surface area contributed by atoms with Gasteiger partial charge < -0.3 is 0 Å². The molecule has 23 heavy (non-hydrogen) atoms. The predicted molar refractivity (Wildman–Crippen MR) is 94.7 cm³/mol. The summed E-state index contributed by atoms with van der Waals surface area (Å²) in [6.07, 6.45) is 2.38. The first-order chi connectivity index (χ1) is 10.9. The quantitative estimate of drug-likeness (QED) is 0.736. The molecule has 0 fully saturated rings. The van der Waals surface area contributed by atoms with E-state index in [9.17, 15) is 8.60 Å². The maximum atomic E-state index is 13.1. The lowest BCUT2D eigenvalue weighted by Crippen LogP contribution is -2.36. The van der Waals surface area contributed by atoms with Gasteiger partial charge in [0.1, 0.15) is 16.8 Å². The van der Waals surface area contributed by atoms with E-state index in [-0.39, 0.29) is 11.9 Å². The van der Waals surface area contributed by atoms with Crippen LogP contribution in [0.25, 0.3) is 0 Å². The van der Waals surface area contributed by atoms with Gasteiger partial charge >= 0.3 is 0 Å². The smallest absolute Gasteiger partial charge is 0.123 e. The van der Waals surface area contributed by atoms with E-state index < -0.39 is 15.7 Å². The molecular weight excluding hydrogens is 309 g/mol. The van der Waals surface area contributed by atoms with Gasteiger partial charge in [-0.25, -0.2) is 13.3 Å². The van der Waals surface area contributed by atoms with E-state index in [1.807, 2.05) is 44.2 Å². The normalized spacial score (nSPS) is 14.2. The molecule has 0 radical (unpaired) electrons. The third kappa shape index (κ3) is 4.36. The summed E-state index contributed by atoms with van der Waals surface area (Å²) in [6, 6.07) is 15.8. The van der Waals surface area contributed by atoms with Crippen molar-refractivity contribution < 1.29 is 8.60 Å². The summed E-state index contributed by atoms with van der Waals surface area (Å²) in [4.78, 5) is 0. The van der Waals surface area contributed by atoms with Crippen LogP contribution in [0.5, 0.6) is 0 Å². The van der Waals surface area contributed by atoms with Gasteiger partial charge in [0.25, 0.3) is 0 Å². The Morgan fingerprint density at radius 2 is 1.78 bits per heavy atom. The van der Waals surface area contributed by atoms with E-state index in [1.54, 1.807) is 18.2 Å². The molecule has 2 atom stereocenters. The Hall–Kier alpha value is -1.78. The number of nitrogens with one attached hydrogen (secondary N) is 1. The molecule has 1 N–H and O–H groups in total. The molecule has 0 unspecified atom stereocenters. The molecule has 0 saturated heterocycles. The number of hydrogen-bond donors (Lipinski definition) is 1. The summed E-state index contributed by atoms with van der Waals surface area (Å²) in [5, 5.41) is 0. The van der Waals surface area contributed by atoms with Crippen molar-refractivity contribution >= 4 is 11.0 Å². The summed E-state index contributed by atoms with van der Waals surface area (Å²) in [6.45, 7) is 7.65. The largest absolute Gasteiger partial charge is 0.242 e. The zero-order chi connectivity index (χ0) is 16.9. The second kappa shape index (κ2) is 7.66. The zero-order valence-corrected chi connectivity index (χ0v) is 14.3.